The van der Waals surface area contributed by atoms with E-state index in [1.54, 1.807) is 18.2 Å². The third-order valence-electron chi connectivity index (χ3n) is 4.79. The van der Waals surface area contributed by atoms with Crippen molar-refractivity contribution in [2.75, 3.05) is 17.7 Å². The highest BCUT2D eigenvalue weighted by molar-refractivity contribution is 6.03. The first-order valence-corrected chi connectivity index (χ1v) is 10.4. The third-order valence-corrected chi connectivity index (χ3v) is 4.79. The fraction of sp³-hybridized carbons (Fsp3) is 0.200. The van der Waals surface area contributed by atoms with Gasteiger partial charge in [0.15, 0.2) is 0 Å². The second-order valence-electron chi connectivity index (χ2n) is 7.17. The molecule has 0 unspecified atom stereocenters. The van der Waals surface area contributed by atoms with Crippen LogP contribution in [0.4, 0.5) is 17.2 Å². The molecular weight excluding hydrogens is 420 g/mol. The molecule has 168 valence electrons. The van der Waals surface area contributed by atoms with Gasteiger partial charge in [-0.15, -0.1) is 6.42 Å². The van der Waals surface area contributed by atoms with Crippen LogP contribution in [0.2, 0.25) is 0 Å². The quantitative estimate of drug-likeness (QED) is 0.240. The van der Waals surface area contributed by atoms with Gasteiger partial charge >= 0.3 is 5.97 Å². The number of ether oxygens (including phenoxy) is 1. The van der Waals surface area contributed by atoms with Crippen LogP contribution in [-0.4, -0.2) is 34.1 Å². The summed E-state index contributed by atoms with van der Waals surface area (Å²) in [4.78, 5) is 31.6. The number of carboxylic acid groups (broad SMARTS) is 1. The summed E-state index contributed by atoms with van der Waals surface area (Å²) in [5.41, 5.74) is 2.63. The van der Waals surface area contributed by atoms with Gasteiger partial charge in [-0.05, 0) is 49.6 Å². The van der Waals surface area contributed by atoms with E-state index in [9.17, 15) is 9.59 Å². The smallest absolute Gasteiger partial charge is 0.303 e. The largest absolute Gasteiger partial charge is 0.494 e. The van der Waals surface area contributed by atoms with Gasteiger partial charge in [-0.1, -0.05) is 18.1 Å². The van der Waals surface area contributed by atoms with Crippen LogP contribution in [0.5, 0.6) is 5.75 Å². The number of carbonyl (C=O) groups excluding carboxylic acids is 1. The highest BCUT2D eigenvalue weighted by Crippen LogP contribution is 2.33. The summed E-state index contributed by atoms with van der Waals surface area (Å²) in [7, 11) is 1.51. The molecule has 1 amide bonds. The lowest BCUT2D eigenvalue weighted by molar-refractivity contribution is -0.137. The Morgan fingerprint density at radius 3 is 2.82 bits per heavy atom. The number of carboxylic acids is 1. The number of unbranched alkanes of at least 4 members (excludes halogenated alkanes) is 2. The van der Waals surface area contributed by atoms with Crippen molar-refractivity contribution in [1.29, 1.82) is 0 Å². The molecule has 33 heavy (non-hydrogen) atoms. The zero-order valence-electron chi connectivity index (χ0n) is 18.2. The second-order valence-corrected chi connectivity index (χ2v) is 7.17. The summed E-state index contributed by atoms with van der Waals surface area (Å²) >= 11 is 0. The number of carbonyl (C=O) groups is 2. The van der Waals surface area contributed by atoms with Gasteiger partial charge in [-0.3, -0.25) is 9.59 Å². The van der Waals surface area contributed by atoms with Crippen molar-refractivity contribution < 1.29 is 19.4 Å². The van der Waals surface area contributed by atoms with Crippen LogP contribution in [0.25, 0.3) is 10.9 Å². The van der Waals surface area contributed by atoms with E-state index in [-0.39, 0.29) is 12.3 Å². The first-order valence-electron chi connectivity index (χ1n) is 10.4. The SMILES string of the molecule is C#Cc1cccc(Nc2ncnc3cc(OC)c(NC(=O)/C=C/CCCCC(=O)O)cc23)c1. The number of aromatic nitrogens is 2. The Morgan fingerprint density at radius 2 is 2.06 bits per heavy atom. The van der Waals surface area contributed by atoms with Crippen LogP contribution in [0.1, 0.15) is 31.2 Å². The number of anilines is 3. The van der Waals surface area contributed by atoms with Crippen molar-refractivity contribution in [2.45, 2.75) is 25.7 Å². The minimum absolute atomic E-state index is 0.125. The van der Waals surface area contributed by atoms with Gasteiger partial charge in [-0.25, -0.2) is 9.97 Å². The summed E-state index contributed by atoms with van der Waals surface area (Å²) < 4.78 is 5.43. The number of amides is 1. The number of rotatable bonds is 10. The first-order chi connectivity index (χ1) is 16.0. The Hall–Kier alpha value is -4.38. The van der Waals surface area contributed by atoms with E-state index in [2.05, 4.69) is 26.5 Å². The highest BCUT2D eigenvalue weighted by atomic mass is 16.5. The maximum absolute atomic E-state index is 12.4. The zero-order valence-corrected chi connectivity index (χ0v) is 18.2. The molecule has 8 nitrogen and oxygen atoms in total. The normalized spacial score (nSPS) is 10.7. The number of benzene rings is 2. The van der Waals surface area contributed by atoms with Crippen LogP contribution in [0.3, 0.4) is 0 Å². The van der Waals surface area contributed by atoms with Gasteiger partial charge in [0, 0.05) is 29.1 Å². The van der Waals surface area contributed by atoms with E-state index in [1.807, 2.05) is 24.3 Å². The van der Waals surface area contributed by atoms with Crippen LogP contribution in [0.15, 0.2) is 54.9 Å². The molecule has 3 rings (SSSR count). The number of hydrogen-bond donors (Lipinski definition) is 3. The Labute approximate surface area is 191 Å². The van der Waals surface area contributed by atoms with E-state index in [4.69, 9.17) is 16.3 Å². The van der Waals surface area contributed by atoms with Crippen molar-refractivity contribution >= 4 is 40.0 Å². The molecule has 0 spiro atoms. The molecule has 3 aromatic rings. The van der Waals surface area contributed by atoms with E-state index >= 15 is 0 Å². The van der Waals surface area contributed by atoms with Crippen molar-refractivity contribution in [3.63, 3.8) is 0 Å². The molecule has 2 aromatic carbocycles. The predicted molar refractivity (Wildman–Crippen MR) is 128 cm³/mol. The van der Waals surface area contributed by atoms with Gasteiger partial charge in [0.05, 0.1) is 18.3 Å². The minimum atomic E-state index is -0.818. The molecule has 0 saturated carbocycles. The molecule has 1 aromatic heterocycles. The molecule has 0 saturated heterocycles. The Morgan fingerprint density at radius 1 is 1.21 bits per heavy atom. The van der Waals surface area contributed by atoms with Crippen molar-refractivity contribution in [1.82, 2.24) is 9.97 Å². The standard InChI is InChI=1S/C25H24N4O4/c1-3-17-9-8-10-18(13-17)28-25-19-14-21(22(33-2)15-20(19)26-16-27-25)29-23(30)11-6-4-5-7-12-24(31)32/h1,6,8-11,13-16H,4-5,7,12H2,2H3,(H,29,30)(H,31,32)(H,26,27,28)/b11-6+. The molecule has 1 heterocycles. The van der Waals surface area contributed by atoms with Crippen molar-refractivity contribution in [2.24, 2.45) is 0 Å². The summed E-state index contributed by atoms with van der Waals surface area (Å²) in [6.45, 7) is 0. The number of allylic oxidation sites excluding steroid dienone is 1. The first kappa shape index (κ1) is 23.3. The lowest BCUT2D eigenvalue weighted by Crippen LogP contribution is -2.09. The molecular formula is C25H24N4O4. The van der Waals surface area contributed by atoms with Crippen molar-refractivity contribution in [3.05, 3.63) is 60.4 Å². The topological polar surface area (TPSA) is 113 Å². The molecule has 0 aliphatic heterocycles. The predicted octanol–water partition coefficient (Wildman–Crippen LogP) is 4.50. The zero-order chi connectivity index (χ0) is 23.6. The van der Waals surface area contributed by atoms with E-state index in [0.29, 0.717) is 47.4 Å². The lowest BCUT2D eigenvalue weighted by Gasteiger charge is -2.13. The number of hydrogen-bond acceptors (Lipinski definition) is 6. The molecule has 0 aliphatic carbocycles. The lowest BCUT2D eigenvalue weighted by atomic mass is 10.1. The van der Waals surface area contributed by atoms with Gasteiger partial charge in [-0.2, -0.15) is 0 Å². The number of methoxy groups -OCH3 is 1. The van der Waals surface area contributed by atoms with Crippen LogP contribution in [-0.2, 0) is 9.59 Å². The summed E-state index contributed by atoms with van der Waals surface area (Å²) in [6, 6.07) is 10.9. The Balaban J connectivity index is 1.79. The van der Waals surface area contributed by atoms with Crippen molar-refractivity contribution in [3.8, 4) is 18.1 Å². The van der Waals surface area contributed by atoms with E-state index in [0.717, 1.165) is 11.3 Å². The summed E-state index contributed by atoms with van der Waals surface area (Å²) in [5, 5.41) is 15.4. The summed E-state index contributed by atoms with van der Waals surface area (Å²) in [5.74, 6) is 2.48. The molecule has 0 radical (unpaired) electrons. The van der Waals surface area contributed by atoms with Crippen LogP contribution < -0.4 is 15.4 Å². The molecule has 8 heteroatoms. The average Bonchev–Trinajstić information content (AvgIpc) is 2.81. The monoisotopic (exact) mass is 444 g/mol. The fourth-order valence-corrected chi connectivity index (χ4v) is 3.18. The van der Waals surface area contributed by atoms with E-state index in [1.165, 1.54) is 19.5 Å². The molecule has 0 fully saturated rings. The summed E-state index contributed by atoms with van der Waals surface area (Å²) in [6.07, 6.45) is 12.1. The van der Waals surface area contributed by atoms with Gasteiger partial charge in [0.2, 0.25) is 5.91 Å². The number of nitrogens with one attached hydrogen (secondary N) is 2. The van der Waals surface area contributed by atoms with Crippen LogP contribution >= 0.6 is 0 Å². The fourth-order valence-electron chi connectivity index (χ4n) is 3.18. The highest BCUT2D eigenvalue weighted by Gasteiger charge is 2.12. The van der Waals surface area contributed by atoms with Gasteiger partial charge < -0.3 is 20.5 Å². The number of fused-ring (bicyclic) bond motifs is 1. The number of nitrogens with zero attached hydrogens (tertiary/aromatic N) is 2. The molecule has 0 aliphatic rings. The third kappa shape index (κ3) is 6.55. The number of terminal acetylenes is 1. The van der Waals surface area contributed by atoms with Gasteiger partial charge in [0.1, 0.15) is 17.9 Å². The Bertz CT molecular complexity index is 1230. The van der Waals surface area contributed by atoms with Gasteiger partial charge in [0.25, 0.3) is 0 Å². The minimum Gasteiger partial charge on any atom is -0.494 e. The molecule has 3 N–H and O–H groups in total. The van der Waals surface area contributed by atoms with E-state index < -0.39 is 5.97 Å². The second kappa shape index (κ2) is 11.3. The number of aliphatic carboxylic acids is 1. The maximum atomic E-state index is 12.4. The molecule has 0 bridgehead atoms. The Kier molecular flexibility index (Phi) is 7.97. The maximum Gasteiger partial charge on any atom is 0.303 e. The average molecular weight is 444 g/mol. The molecule has 0 atom stereocenters. The van der Waals surface area contributed by atoms with Crippen LogP contribution in [0, 0.1) is 12.3 Å².